The highest BCUT2D eigenvalue weighted by atomic mass is 19.1. The summed E-state index contributed by atoms with van der Waals surface area (Å²) in [7, 11) is 1.42. The molecule has 0 amide bonds. The molecule has 0 aliphatic heterocycles. The van der Waals surface area contributed by atoms with Gasteiger partial charge in [0.1, 0.15) is 5.82 Å². The highest BCUT2D eigenvalue weighted by Crippen LogP contribution is 2.40. The minimum absolute atomic E-state index is 0.176. The molecule has 0 heterocycles. The van der Waals surface area contributed by atoms with Crippen molar-refractivity contribution in [2.45, 2.75) is 51.4 Å². The van der Waals surface area contributed by atoms with Crippen molar-refractivity contribution in [2.24, 2.45) is 5.92 Å². The van der Waals surface area contributed by atoms with Crippen LogP contribution in [-0.4, -0.2) is 7.11 Å². The first-order chi connectivity index (χ1) is 12.1. The summed E-state index contributed by atoms with van der Waals surface area (Å²) in [6.07, 6.45) is 6.95. The minimum atomic E-state index is -0.468. The number of benzene rings is 2. The molecule has 134 valence electrons. The van der Waals surface area contributed by atoms with Crippen LogP contribution in [0.5, 0.6) is 5.75 Å². The number of halogens is 2. The number of hydrogen-bond donors (Lipinski definition) is 0. The Morgan fingerprint density at radius 1 is 1.04 bits per heavy atom. The normalized spacial score (nSPS) is 20.5. The second-order valence-corrected chi connectivity index (χ2v) is 7.06. The van der Waals surface area contributed by atoms with E-state index in [-0.39, 0.29) is 17.5 Å². The molecule has 0 bridgehead atoms. The standard InChI is InChI=1S/C22H26F2O/c1-3-5-15-8-10-16(11-9-15)18-6-4-7-19(22(18)24)17-12-13-21(25-2)20(23)14-17/h4,6-7,12-16H,3,5,8-11H2,1-2H3. The van der Waals surface area contributed by atoms with Gasteiger partial charge in [-0.2, -0.15) is 0 Å². The third-order valence-electron chi connectivity index (χ3n) is 5.47. The predicted molar refractivity (Wildman–Crippen MR) is 98.0 cm³/mol. The lowest BCUT2D eigenvalue weighted by molar-refractivity contribution is 0.304. The monoisotopic (exact) mass is 344 g/mol. The Bertz CT molecular complexity index is 718. The van der Waals surface area contributed by atoms with E-state index in [4.69, 9.17) is 4.74 Å². The van der Waals surface area contributed by atoms with Gasteiger partial charge in [0.05, 0.1) is 7.11 Å². The zero-order chi connectivity index (χ0) is 17.8. The van der Waals surface area contributed by atoms with Crippen molar-refractivity contribution in [3.63, 3.8) is 0 Å². The van der Waals surface area contributed by atoms with E-state index in [0.717, 1.165) is 24.3 Å². The second kappa shape index (κ2) is 7.99. The fourth-order valence-electron chi connectivity index (χ4n) is 4.09. The van der Waals surface area contributed by atoms with E-state index in [1.165, 1.54) is 38.9 Å². The Morgan fingerprint density at radius 3 is 2.44 bits per heavy atom. The van der Waals surface area contributed by atoms with Crippen LogP contribution in [0.3, 0.4) is 0 Å². The van der Waals surface area contributed by atoms with Gasteiger partial charge in [0, 0.05) is 5.56 Å². The van der Waals surface area contributed by atoms with Crippen molar-refractivity contribution in [2.75, 3.05) is 7.11 Å². The van der Waals surface area contributed by atoms with Gasteiger partial charge in [-0.3, -0.25) is 0 Å². The van der Waals surface area contributed by atoms with Crippen LogP contribution >= 0.6 is 0 Å². The number of rotatable bonds is 5. The lowest BCUT2D eigenvalue weighted by Gasteiger charge is -2.29. The Kier molecular flexibility index (Phi) is 5.72. The fraction of sp³-hybridized carbons (Fsp3) is 0.455. The SMILES string of the molecule is CCCC1CCC(c2cccc(-c3ccc(OC)c(F)c3)c2F)CC1. The van der Waals surface area contributed by atoms with E-state index in [1.54, 1.807) is 18.2 Å². The quantitative estimate of drug-likeness (QED) is 0.585. The van der Waals surface area contributed by atoms with E-state index in [1.807, 2.05) is 12.1 Å². The van der Waals surface area contributed by atoms with Crippen LogP contribution < -0.4 is 4.74 Å². The number of ether oxygens (including phenoxy) is 1. The average Bonchev–Trinajstić information content (AvgIpc) is 2.63. The lowest BCUT2D eigenvalue weighted by atomic mass is 9.76. The minimum Gasteiger partial charge on any atom is -0.494 e. The van der Waals surface area contributed by atoms with Gasteiger partial charge in [-0.15, -0.1) is 0 Å². The summed E-state index contributed by atoms with van der Waals surface area (Å²) in [6.45, 7) is 2.23. The molecule has 0 spiro atoms. The Balaban J connectivity index is 1.84. The smallest absolute Gasteiger partial charge is 0.165 e. The summed E-state index contributed by atoms with van der Waals surface area (Å²) in [5.74, 6) is 0.574. The molecule has 0 radical (unpaired) electrons. The van der Waals surface area contributed by atoms with Crippen molar-refractivity contribution in [1.29, 1.82) is 0 Å². The van der Waals surface area contributed by atoms with E-state index in [0.29, 0.717) is 11.1 Å². The molecule has 1 aliphatic rings. The third kappa shape index (κ3) is 3.86. The third-order valence-corrected chi connectivity index (χ3v) is 5.47. The van der Waals surface area contributed by atoms with Gasteiger partial charge in [0.25, 0.3) is 0 Å². The molecule has 1 aliphatic carbocycles. The van der Waals surface area contributed by atoms with Crippen molar-refractivity contribution in [3.8, 4) is 16.9 Å². The molecule has 0 saturated heterocycles. The van der Waals surface area contributed by atoms with E-state index in [9.17, 15) is 4.39 Å². The predicted octanol–water partition coefficient (Wildman–Crippen LogP) is 6.71. The summed E-state index contributed by atoms with van der Waals surface area (Å²) in [5, 5.41) is 0. The van der Waals surface area contributed by atoms with Crippen LogP contribution in [0.2, 0.25) is 0 Å². The summed E-state index contributed by atoms with van der Waals surface area (Å²) in [5.41, 5.74) is 1.80. The molecule has 0 unspecified atom stereocenters. The van der Waals surface area contributed by atoms with Crippen molar-refractivity contribution >= 4 is 0 Å². The van der Waals surface area contributed by atoms with Crippen LogP contribution in [0.1, 0.15) is 56.9 Å². The van der Waals surface area contributed by atoms with Gasteiger partial charge in [-0.05, 0) is 60.8 Å². The van der Waals surface area contributed by atoms with Gasteiger partial charge < -0.3 is 4.74 Å². The molecule has 2 aromatic rings. The molecule has 2 aromatic carbocycles. The Morgan fingerprint density at radius 2 is 1.80 bits per heavy atom. The first-order valence-electron chi connectivity index (χ1n) is 9.26. The Hall–Kier alpha value is -1.90. The highest BCUT2D eigenvalue weighted by Gasteiger charge is 2.25. The maximum absolute atomic E-state index is 15.1. The topological polar surface area (TPSA) is 9.23 Å². The van der Waals surface area contributed by atoms with Crippen molar-refractivity contribution < 1.29 is 13.5 Å². The average molecular weight is 344 g/mol. The van der Waals surface area contributed by atoms with Gasteiger partial charge in [-0.25, -0.2) is 8.78 Å². The van der Waals surface area contributed by atoms with Crippen LogP contribution in [0.25, 0.3) is 11.1 Å². The molecular weight excluding hydrogens is 318 g/mol. The molecule has 0 aromatic heterocycles. The van der Waals surface area contributed by atoms with Crippen LogP contribution in [-0.2, 0) is 0 Å². The second-order valence-electron chi connectivity index (χ2n) is 7.06. The molecule has 1 nitrogen and oxygen atoms in total. The van der Waals surface area contributed by atoms with Crippen LogP contribution in [0.4, 0.5) is 8.78 Å². The molecular formula is C22H26F2O. The first-order valence-corrected chi connectivity index (χ1v) is 9.26. The fourth-order valence-corrected chi connectivity index (χ4v) is 4.09. The molecule has 25 heavy (non-hydrogen) atoms. The molecule has 1 saturated carbocycles. The summed E-state index contributed by atoms with van der Waals surface area (Å²) in [4.78, 5) is 0. The zero-order valence-electron chi connectivity index (χ0n) is 15.0. The molecule has 3 rings (SSSR count). The first kappa shape index (κ1) is 17.9. The van der Waals surface area contributed by atoms with Crippen LogP contribution in [0.15, 0.2) is 36.4 Å². The van der Waals surface area contributed by atoms with E-state index < -0.39 is 5.82 Å². The van der Waals surface area contributed by atoms with Crippen molar-refractivity contribution in [3.05, 3.63) is 53.6 Å². The van der Waals surface area contributed by atoms with Crippen molar-refractivity contribution in [1.82, 2.24) is 0 Å². The number of hydrogen-bond acceptors (Lipinski definition) is 1. The van der Waals surface area contributed by atoms with Gasteiger partial charge in [0.2, 0.25) is 0 Å². The molecule has 0 N–H and O–H groups in total. The Labute approximate surface area is 149 Å². The molecule has 3 heteroatoms. The van der Waals surface area contributed by atoms with Gasteiger partial charge >= 0.3 is 0 Å². The molecule has 1 fully saturated rings. The van der Waals surface area contributed by atoms with Gasteiger partial charge in [0.15, 0.2) is 11.6 Å². The maximum atomic E-state index is 15.1. The summed E-state index contributed by atoms with van der Waals surface area (Å²) < 4.78 is 34.1. The highest BCUT2D eigenvalue weighted by molar-refractivity contribution is 5.66. The molecule has 0 atom stereocenters. The maximum Gasteiger partial charge on any atom is 0.165 e. The van der Waals surface area contributed by atoms with Crippen LogP contribution in [0, 0.1) is 17.6 Å². The van der Waals surface area contributed by atoms with E-state index >= 15 is 4.39 Å². The largest absolute Gasteiger partial charge is 0.494 e. The van der Waals surface area contributed by atoms with E-state index in [2.05, 4.69) is 6.92 Å². The summed E-state index contributed by atoms with van der Waals surface area (Å²) >= 11 is 0. The van der Waals surface area contributed by atoms with Gasteiger partial charge in [-0.1, -0.05) is 44.0 Å². The zero-order valence-corrected chi connectivity index (χ0v) is 15.0. The number of methoxy groups -OCH3 is 1. The lowest BCUT2D eigenvalue weighted by Crippen LogP contribution is -2.14. The summed E-state index contributed by atoms with van der Waals surface area (Å²) in [6, 6.07) is 10.1.